The average Bonchev–Trinajstić information content (AvgIpc) is 2.26. The van der Waals surface area contributed by atoms with Gasteiger partial charge < -0.3 is 5.11 Å². The summed E-state index contributed by atoms with van der Waals surface area (Å²) in [6.45, 7) is 2.08. The molecule has 3 heteroatoms. The maximum Gasteiger partial charge on any atom is 0.304 e. The normalized spacial score (nSPS) is 20.5. The number of rotatable bonds is 5. The van der Waals surface area contributed by atoms with Crippen molar-refractivity contribution in [3.05, 3.63) is 0 Å². The number of carboxylic acids is 1. The third kappa shape index (κ3) is 3.82. The number of hydrogen-bond acceptors (Lipinski definition) is 2. The van der Waals surface area contributed by atoms with E-state index in [9.17, 15) is 4.79 Å². The Kier molecular flexibility index (Phi) is 5.09. The van der Waals surface area contributed by atoms with Gasteiger partial charge in [0.15, 0.2) is 0 Å². The number of carbonyl (C=O) groups is 1. The molecule has 1 unspecified atom stereocenters. The highest BCUT2D eigenvalue weighted by molar-refractivity contribution is 5.67. The monoisotopic (exact) mass is 213 g/mol. The van der Waals surface area contributed by atoms with Crippen LogP contribution in [0.3, 0.4) is 0 Å². The SMILES string of the molecule is CCC(CC(=O)O)N(C)C1CCCCC1. The lowest BCUT2D eigenvalue weighted by Gasteiger charge is -2.36. The lowest BCUT2D eigenvalue weighted by molar-refractivity contribution is -0.138. The van der Waals surface area contributed by atoms with E-state index in [1.54, 1.807) is 0 Å². The minimum Gasteiger partial charge on any atom is -0.481 e. The second-order valence-electron chi connectivity index (χ2n) is 4.62. The third-order valence-corrected chi connectivity index (χ3v) is 3.61. The quantitative estimate of drug-likeness (QED) is 0.763. The largest absolute Gasteiger partial charge is 0.481 e. The van der Waals surface area contributed by atoms with Crippen LogP contribution in [0, 0.1) is 0 Å². The molecule has 0 bridgehead atoms. The van der Waals surface area contributed by atoms with E-state index in [2.05, 4.69) is 18.9 Å². The van der Waals surface area contributed by atoms with Crippen LogP contribution in [0.15, 0.2) is 0 Å². The Morgan fingerprint density at radius 2 is 2.00 bits per heavy atom. The van der Waals surface area contributed by atoms with Crippen molar-refractivity contribution in [1.29, 1.82) is 0 Å². The second kappa shape index (κ2) is 6.11. The molecule has 0 aliphatic heterocycles. The van der Waals surface area contributed by atoms with Crippen LogP contribution in [0.4, 0.5) is 0 Å². The summed E-state index contributed by atoms with van der Waals surface area (Å²) < 4.78 is 0. The molecule has 1 fully saturated rings. The molecule has 1 saturated carbocycles. The second-order valence-corrected chi connectivity index (χ2v) is 4.62. The number of carboxylic acid groups (broad SMARTS) is 1. The van der Waals surface area contributed by atoms with Crippen LogP contribution >= 0.6 is 0 Å². The molecule has 0 aromatic rings. The highest BCUT2D eigenvalue weighted by Crippen LogP contribution is 2.24. The van der Waals surface area contributed by atoms with E-state index < -0.39 is 5.97 Å². The van der Waals surface area contributed by atoms with Crippen LogP contribution < -0.4 is 0 Å². The molecule has 0 saturated heterocycles. The van der Waals surface area contributed by atoms with Gasteiger partial charge in [0.1, 0.15) is 0 Å². The van der Waals surface area contributed by atoms with Crippen LogP contribution in [-0.2, 0) is 4.79 Å². The van der Waals surface area contributed by atoms with Gasteiger partial charge in [-0.3, -0.25) is 9.69 Å². The van der Waals surface area contributed by atoms with Crippen LogP contribution in [0.25, 0.3) is 0 Å². The summed E-state index contributed by atoms with van der Waals surface area (Å²) in [6.07, 6.45) is 7.65. The minimum atomic E-state index is -0.676. The predicted molar refractivity (Wildman–Crippen MR) is 61.0 cm³/mol. The Balaban J connectivity index is 2.46. The molecule has 0 heterocycles. The van der Waals surface area contributed by atoms with Gasteiger partial charge in [0.25, 0.3) is 0 Å². The zero-order valence-electron chi connectivity index (χ0n) is 9.91. The first-order valence-corrected chi connectivity index (χ1v) is 6.08. The van der Waals surface area contributed by atoms with E-state index >= 15 is 0 Å². The summed E-state index contributed by atoms with van der Waals surface area (Å²) in [6, 6.07) is 0.827. The maximum absolute atomic E-state index is 10.7. The molecular weight excluding hydrogens is 190 g/mol. The van der Waals surface area contributed by atoms with Crippen molar-refractivity contribution in [2.45, 2.75) is 64.0 Å². The summed E-state index contributed by atoms with van der Waals surface area (Å²) in [5.74, 6) is -0.676. The van der Waals surface area contributed by atoms with Gasteiger partial charge in [0, 0.05) is 12.1 Å². The molecule has 88 valence electrons. The van der Waals surface area contributed by atoms with Crippen molar-refractivity contribution in [3.8, 4) is 0 Å². The molecule has 0 aromatic heterocycles. The summed E-state index contributed by atoms with van der Waals surface area (Å²) >= 11 is 0. The van der Waals surface area contributed by atoms with Crippen LogP contribution in [-0.4, -0.2) is 35.1 Å². The molecule has 1 N–H and O–H groups in total. The Morgan fingerprint density at radius 1 is 1.40 bits per heavy atom. The number of hydrogen-bond donors (Lipinski definition) is 1. The van der Waals surface area contributed by atoms with Crippen molar-refractivity contribution in [2.24, 2.45) is 0 Å². The number of nitrogens with zero attached hydrogens (tertiary/aromatic N) is 1. The lowest BCUT2D eigenvalue weighted by atomic mass is 9.93. The van der Waals surface area contributed by atoms with Gasteiger partial charge in [-0.15, -0.1) is 0 Å². The molecule has 1 atom stereocenters. The zero-order valence-corrected chi connectivity index (χ0v) is 9.91. The summed E-state index contributed by atoms with van der Waals surface area (Å²) in [4.78, 5) is 13.0. The minimum absolute atomic E-state index is 0.214. The molecule has 0 aromatic carbocycles. The standard InChI is InChI=1S/C12H23NO2/c1-3-10(9-12(14)15)13(2)11-7-5-4-6-8-11/h10-11H,3-9H2,1-2H3,(H,14,15). The fraction of sp³-hybridized carbons (Fsp3) is 0.917. The van der Waals surface area contributed by atoms with E-state index in [0.717, 1.165) is 6.42 Å². The molecule has 0 amide bonds. The molecule has 1 aliphatic carbocycles. The maximum atomic E-state index is 10.7. The molecule has 15 heavy (non-hydrogen) atoms. The van der Waals surface area contributed by atoms with Crippen LogP contribution in [0.2, 0.25) is 0 Å². The Hall–Kier alpha value is -0.570. The summed E-state index contributed by atoms with van der Waals surface area (Å²) in [5, 5.41) is 8.84. The van der Waals surface area contributed by atoms with Gasteiger partial charge in [0.05, 0.1) is 6.42 Å². The van der Waals surface area contributed by atoms with Gasteiger partial charge in [-0.05, 0) is 26.3 Å². The van der Waals surface area contributed by atoms with E-state index in [0.29, 0.717) is 6.04 Å². The molecular formula is C12H23NO2. The lowest BCUT2D eigenvalue weighted by Crippen LogP contribution is -2.42. The van der Waals surface area contributed by atoms with Gasteiger partial charge in [-0.2, -0.15) is 0 Å². The summed E-state index contributed by atoms with van der Waals surface area (Å²) in [5.41, 5.74) is 0. The molecule has 0 radical (unpaired) electrons. The van der Waals surface area contributed by atoms with E-state index in [-0.39, 0.29) is 12.5 Å². The van der Waals surface area contributed by atoms with E-state index in [1.807, 2.05) is 0 Å². The van der Waals surface area contributed by atoms with Gasteiger partial charge in [-0.1, -0.05) is 26.2 Å². The van der Waals surface area contributed by atoms with Crippen molar-refractivity contribution >= 4 is 5.97 Å². The average molecular weight is 213 g/mol. The highest BCUT2D eigenvalue weighted by atomic mass is 16.4. The molecule has 3 nitrogen and oxygen atoms in total. The van der Waals surface area contributed by atoms with Crippen LogP contribution in [0.5, 0.6) is 0 Å². The molecule has 1 aliphatic rings. The fourth-order valence-corrected chi connectivity index (χ4v) is 2.56. The van der Waals surface area contributed by atoms with Crippen molar-refractivity contribution in [3.63, 3.8) is 0 Å². The van der Waals surface area contributed by atoms with Crippen molar-refractivity contribution in [1.82, 2.24) is 4.90 Å². The Bertz CT molecular complexity index is 200. The van der Waals surface area contributed by atoms with Gasteiger partial charge in [-0.25, -0.2) is 0 Å². The van der Waals surface area contributed by atoms with Gasteiger partial charge >= 0.3 is 5.97 Å². The van der Waals surface area contributed by atoms with Crippen molar-refractivity contribution < 1.29 is 9.90 Å². The summed E-state index contributed by atoms with van der Waals surface area (Å²) in [7, 11) is 2.09. The van der Waals surface area contributed by atoms with E-state index in [4.69, 9.17) is 5.11 Å². The van der Waals surface area contributed by atoms with Crippen LogP contribution in [0.1, 0.15) is 51.9 Å². The first kappa shape index (κ1) is 12.5. The first-order chi connectivity index (χ1) is 7.15. The predicted octanol–water partition coefficient (Wildman–Crippen LogP) is 2.50. The fourth-order valence-electron chi connectivity index (χ4n) is 2.56. The smallest absolute Gasteiger partial charge is 0.304 e. The zero-order chi connectivity index (χ0) is 11.3. The van der Waals surface area contributed by atoms with Gasteiger partial charge in [0.2, 0.25) is 0 Å². The highest BCUT2D eigenvalue weighted by Gasteiger charge is 2.24. The van der Waals surface area contributed by atoms with E-state index in [1.165, 1.54) is 32.1 Å². The molecule has 0 spiro atoms. The topological polar surface area (TPSA) is 40.5 Å². The first-order valence-electron chi connectivity index (χ1n) is 6.08. The van der Waals surface area contributed by atoms with Crippen molar-refractivity contribution in [2.75, 3.05) is 7.05 Å². The Labute approximate surface area is 92.5 Å². The number of aliphatic carboxylic acids is 1. The Morgan fingerprint density at radius 3 is 2.47 bits per heavy atom. The third-order valence-electron chi connectivity index (χ3n) is 3.61. The molecule has 1 rings (SSSR count).